The minimum absolute atomic E-state index is 0.147. The van der Waals surface area contributed by atoms with Gasteiger partial charge < -0.3 is 5.73 Å². The summed E-state index contributed by atoms with van der Waals surface area (Å²) in [7, 11) is 0. The van der Waals surface area contributed by atoms with E-state index in [2.05, 4.69) is 6.92 Å². The van der Waals surface area contributed by atoms with E-state index in [4.69, 9.17) is 5.73 Å². The van der Waals surface area contributed by atoms with E-state index in [9.17, 15) is 4.39 Å². The second kappa shape index (κ2) is 3.93. The van der Waals surface area contributed by atoms with Crippen LogP contribution >= 0.6 is 0 Å². The quantitative estimate of drug-likeness (QED) is 0.752. The van der Waals surface area contributed by atoms with Crippen molar-refractivity contribution in [3.8, 4) is 0 Å². The molecule has 0 spiro atoms. The smallest absolute Gasteiger partial charge is 0.123 e. The maximum Gasteiger partial charge on any atom is 0.123 e. The molecule has 3 unspecified atom stereocenters. The van der Waals surface area contributed by atoms with Crippen LogP contribution in [0.1, 0.15) is 36.8 Å². The summed E-state index contributed by atoms with van der Waals surface area (Å²) in [6.45, 7) is 4.18. The number of nitrogens with two attached hydrogens (primary N) is 1. The van der Waals surface area contributed by atoms with Gasteiger partial charge in [-0.2, -0.15) is 0 Å². The van der Waals surface area contributed by atoms with E-state index in [0.717, 1.165) is 18.4 Å². The Labute approximate surface area is 90.5 Å². The fourth-order valence-corrected chi connectivity index (χ4v) is 2.69. The first-order valence-corrected chi connectivity index (χ1v) is 5.61. The molecule has 0 aromatic heterocycles. The van der Waals surface area contributed by atoms with Gasteiger partial charge in [-0.1, -0.05) is 13.0 Å². The molecule has 1 aliphatic rings. The molecule has 1 saturated carbocycles. The summed E-state index contributed by atoms with van der Waals surface area (Å²) < 4.78 is 13.0. The third kappa shape index (κ3) is 1.91. The van der Waals surface area contributed by atoms with Crippen molar-refractivity contribution in [1.29, 1.82) is 0 Å². The van der Waals surface area contributed by atoms with Crippen LogP contribution < -0.4 is 5.73 Å². The van der Waals surface area contributed by atoms with Crippen LogP contribution in [0.3, 0.4) is 0 Å². The van der Waals surface area contributed by atoms with Crippen molar-refractivity contribution < 1.29 is 4.39 Å². The molecule has 15 heavy (non-hydrogen) atoms. The van der Waals surface area contributed by atoms with Crippen molar-refractivity contribution in [2.75, 3.05) is 0 Å². The van der Waals surface area contributed by atoms with Crippen LogP contribution in [0.25, 0.3) is 0 Å². The molecule has 2 N–H and O–H groups in total. The standard InChI is InChI=1S/C13H18FN/c1-8-7-10(14)3-4-11(8)12-5-6-13(15)9(12)2/h3-4,7,9,12-13H,5-6,15H2,1-2H3. The summed E-state index contributed by atoms with van der Waals surface area (Å²) >= 11 is 0. The molecule has 1 fully saturated rings. The Morgan fingerprint density at radius 3 is 2.60 bits per heavy atom. The summed E-state index contributed by atoms with van der Waals surface area (Å²) in [6.07, 6.45) is 2.22. The van der Waals surface area contributed by atoms with Gasteiger partial charge in [0, 0.05) is 6.04 Å². The van der Waals surface area contributed by atoms with Crippen molar-refractivity contribution in [2.45, 2.75) is 38.6 Å². The van der Waals surface area contributed by atoms with Gasteiger partial charge in [0.25, 0.3) is 0 Å². The number of aryl methyl sites for hydroxylation is 1. The zero-order valence-corrected chi connectivity index (χ0v) is 9.33. The SMILES string of the molecule is Cc1cc(F)ccc1C1CCC(N)C1C. The van der Waals surface area contributed by atoms with E-state index in [0.29, 0.717) is 17.9 Å². The second-order valence-corrected chi connectivity index (χ2v) is 4.71. The van der Waals surface area contributed by atoms with E-state index < -0.39 is 0 Å². The van der Waals surface area contributed by atoms with Crippen LogP contribution in [0.15, 0.2) is 18.2 Å². The topological polar surface area (TPSA) is 26.0 Å². The number of halogens is 1. The Morgan fingerprint density at radius 2 is 2.07 bits per heavy atom. The molecule has 0 aliphatic heterocycles. The van der Waals surface area contributed by atoms with E-state index in [1.807, 2.05) is 13.0 Å². The summed E-state index contributed by atoms with van der Waals surface area (Å²) in [5.41, 5.74) is 8.34. The normalized spacial score (nSPS) is 30.8. The average molecular weight is 207 g/mol. The van der Waals surface area contributed by atoms with Crippen molar-refractivity contribution in [2.24, 2.45) is 11.7 Å². The molecule has 2 rings (SSSR count). The van der Waals surface area contributed by atoms with Gasteiger partial charge in [-0.3, -0.25) is 0 Å². The lowest BCUT2D eigenvalue weighted by atomic mass is 9.86. The van der Waals surface area contributed by atoms with E-state index in [1.165, 1.54) is 5.56 Å². The first kappa shape index (κ1) is 10.6. The lowest BCUT2D eigenvalue weighted by Gasteiger charge is -2.20. The number of hydrogen-bond donors (Lipinski definition) is 1. The van der Waals surface area contributed by atoms with Crippen LogP contribution in [0.5, 0.6) is 0 Å². The van der Waals surface area contributed by atoms with Crippen LogP contribution in [-0.2, 0) is 0 Å². The van der Waals surface area contributed by atoms with Crippen LogP contribution in [0.2, 0.25) is 0 Å². The predicted molar refractivity (Wildman–Crippen MR) is 60.3 cm³/mol. The minimum Gasteiger partial charge on any atom is -0.327 e. The van der Waals surface area contributed by atoms with Crippen LogP contribution in [-0.4, -0.2) is 6.04 Å². The summed E-state index contributed by atoms with van der Waals surface area (Å²) in [5, 5.41) is 0. The van der Waals surface area contributed by atoms with E-state index in [1.54, 1.807) is 12.1 Å². The fourth-order valence-electron chi connectivity index (χ4n) is 2.69. The zero-order valence-electron chi connectivity index (χ0n) is 9.33. The van der Waals surface area contributed by atoms with Gasteiger partial charge in [-0.25, -0.2) is 4.39 Å². The highest BCUT2D eigenvalue weighted by molar-refractivity contribution is 5.31. The molecule has 82 valence electrons. The van der Waals surface area contributed by atoms with Gasteiger partial charge in [0.05, 0.1) is 0 Å². The summed E-state index contributed by atoms with van der Waals surface area (Å²) in [5.74, 6) is 0.876. The third-order valence-electron chi connectivity index (χ3n) is 3.75. The molecule has 1 nitrogen and oxygen atoms in total. The number of rotatable bonds is 1. The van der Waals surface area contributed by atoms with Gasteiger partial charge >= 0.3 is 0 Å². The van der Waals surface area contributed by atoms with Crippen LogP contribution in [0, 0.1) is 18.7 Å². The number of hydrogen-bond acceptors (Lipinski definition) is 1. The lowest BCUT2D eigenvalue weighted by Crippen LogP contribution is -2.24. The Kier molecular flexibility index (Phi) is 2.79. The molecule has 1 aromatic rings. The highest BCUT2D eigenvalue weighted by Crippen LogP contribution is 2.39. The summed E-state index contributed by atoms with van der Waals surface area (Å²) in [4.78, 5) is 0. The fraction of sp³-hybridized carbons (Fsp3) is 0.538. The molecule has 0 bridgehead atoms. The molecule has 0 heterocycles. The van der Waals surface area contributed by atoms with Gasteiger partial charge in [-0.15, -0.1) is 0 Å². The molecule has 1 aromatic carbocycles. The van der Waals surface area contributed by atoms with Gasteiger partial charge in [0.1, 0.15) is 5.82 Å². The average Bonchev–Trinajstić information content (AvgIpc) is 2.49. The third-order valence-corrected chi connectivity index (χ3v) is 3.75. The molecular weight excluding hydrogens is 189 g/mol. The molecule has 3 atom stereocenters. The number of benzene rings is 1. The Hall–Kier alpha value is -0.890. The Morgan fingerprint density at radius 1 is 1.33 bits per heavy atom. The zero-order chi connectivity index (χ0) is 11.0. The van der Waals surface area contributed by atoms with Crippen molar-refractivity contribution in [3.05, 3.63) is 35.1 Å². The van der Waals surface area contributed by atoms with Crippen LogP contribution in [0.4, 0.5) is 4.39 Å². The van der Waals surface area contributed by atoms with Gasteiger partial charge in [0.2, 0.25) is 0 Å². The molecule has 2 heteroatoms. The molecular formula is C13H18FN. The van der Waals surface area contributed by atoms with E-state index >= 15 is 0 Å². The molecule has 1 aliphatic carbocycles. The largest absolute Gasteiger partial charge is 0.327 e. The van der Waals surface area contributed by atoms with Crippen molar-refractivity contribution >= 4 is 0 Å². The molecule has 0 saturated heterocycles. The van der Waals surface area contributed by atoms with Gasteiger partial charge in [-0.05, 0) is 54.9 Å². The summed E-state index contributed by atoms with van der Waals surface area (Å²) in [6, 6.07) is 5.40. The first-order valence-electron chi connectivity index (χ1n) is 5.61. The Bertz CT molecular complexity index is 362. The predicted octanol–water partition coefficient (Wildman–Crippen LogP) is 2.97. The lowest BCUT2D eigenvalue weighted by molar-refractivity contribution is 0.477. The molecule has 0 radical (unpaired) electrons. The first-order chi connectivity index (χ1) is 7.09. The van der Waals surface area contributed by atoms with E-state index in [-0.39, 0.29) is 5.82 Å². The highest BCUT2D eigenvalue weighted by Gasteiger charge is 2.31. The van der Waals surface area contributed by atoms with Crippen molar-refractivity contribution in [1.82, 2.24) is 0 Å². The minimum atomic E-state index is -0.147. The van der Waals surface area contributed by atoms with Crippen molar-refractivity contribution in [3.63, 3.8) is 0 Å². The van der Waals surface area contributed by atoms with Gasteiger partial charge in [0.15, 0.2) is 0 Å². The highest BCUT2D eigenvalue weighted by atomic mass is 19.1. The maximum atomic E-state index is 13.0. The Balaban J connectivity index is 2.30. The maximum absolute atomic E-state index is 13.0. The second-order valence-electron chi connectivity index (χ2n) is 4.71. The monoisotopic (exact) mass is 207 g/mol. The molecule has 0 amide bonds.